The highest BCUT2D eigenvalue weighted by Gasteiger charge is 2.42. The molecule has 0 aromatic rings. The van der Waals surface area contributed by atoms with Crippen LogP contribution in [0.3, 0.4) is 0 Å². The topological polar surface area (TPSA) is 18.5 Å². The fraction of sp³-hybridized carbons (Fsp3) is 1.00. The first-order valence-corrected chi connectivity index (χ1v) is 12.3. The Morgan fingerprint density at radius 2 is 1.50 bits per heavy atom. The molecule has 1 N–H and O–H groups in total. The van der Waals surface area contributed by atoms with E-state index in [4.69, 9.17) is 0 Å². The summed E-state index contributed by atoms with van der Waals surface area (Å²) in [5, 5.41) is 0. The van der Waals surface area contributed by atoms with Gasteiger partial charge in [-0.3, -0.25) is 0 Å². The van der Waals surface area contributed by atoms with Gasteiger partial charge in [0.15, 0.2) is 7.91 Å². The summed E-state index contributed by atoms with van der Waals surface area (Å²) in [5.74, 6) is 0. The zero-order valence-corrected chi connectivity index (χ0v) is 13.4. The maximum Gasteiger partial charge on any atom is 0.203 e. The molecule has 11 radical (unpaired) electrons. The zero-order valence-electron chi connectivity index (χ0n) is 7.39. The molecule has 1 saturated heterocycles. The molecule has 61 valence electrons. The molecule has 9 heteroatoms. The Bertz CT molecular complexity index is 159. The van der Waals surface area contributed by atoms with E-state index in [9.17, 15) is 0 Å². The van der Waals surface area contributed by atoms with Crippen molar-refractivity contribution in [3.8, 4) is 0 Å². The molecule has 12 heavy (non-hydrogen) atoms. The highest BCUT2D eigenvalue weighted by molar-refractivity contribution is 7.23. The third-order valence-electron chi connectivity index (χ3n) is 1.90. The van der Waals surface area contributed by atoms with Crippen molar-refractivity contribution in [3.05, 3.63) is 0 Å². The van der Waals surface area contributed by atoms with Crippen molar-refractivity contribution < 1.29 is 0 Å². The van der Waals surface area contributed by atoms with Crippen LogP contribution in [0.5, 0.6) is 0 Å². The van der Waals surface area contributed by atoms with Crippen LogP contribution < -0.4 is 4.65 Å². The van der Waals surface area contributed by atoms with Gasteiger partial charge in [0, 0.05) is 0 Å². The molecule has 0 unspecified atom stereocenters. The number of rotatable bonds is 0. The van der Waals surface area contributed by atoms with Crippen molar-refractivity contribution in [3.63, 3.8) is 0 Å². The van der Waals surface area contributed by atoms with Crippen LogP contribution in [0.4, 0.5) is 0 Å². The quantitative estimate of drug-likeness (QED) is 0.523. The Morgan fingerprint density at radius 3 is 1.83 bits per heavy atom. The Labute approximate surface area is 88.8 Å². The maximum absolute atomic E-state index is 3.86. The molecular formula is C3H10N3Si6. The standard InChI is InChI=1S/C3H10N3Si6/c1-10-4-11(2)6(8)12(3,9)5(10)7/h4H,1-3H3. The van der Waals surface area contributed by atoms with E-state index in [1.54, 1.807) is 0 Å². The second kappa shape index (κ2) is 3.74. The maximum atomic E-state index is 3.86. The summed E-state index contributed by atoms with van der Waals surface area (Å²) < 4.78 is 8.15. The van der Waals surface area contributed by atoms with Gasteiger partial charge in [0.2, 0.25) is 18.2 Å². The number of hydrogen-bond acceptors (Lipinski definition) is 3. The summed E-state index contributed by atoms with van der Waals surface area (Å²) in [7, 11) is 8.45. The Morgan fingerprint density at radius 1 is 1.17 bits per heavy atom. The first-order chi connectivity index (χ1) is 5.37. The minimum Gasteiger partial charge on any atom is -0.351 e. The van der Waals surface area contributed by atoms with Gasteiger partial charge in [-0.1, -0.05) is 0 Å². The van der Waals surface area contributed by atoms with Gasteiger partial charge >= 0.3 is 0 Å². The van der Waals surface area contributed by atoms with Crippen molar-refractivity contribution in [2.75, 3.05) is 0 Å². The molecule has 0 bridgehead atoms. The van der Waals surface area contributed by atoms with Gasteiger partial charge in [0.25, 0.3) is 0 Å². The second-order valence-corrected chi connectivity index (χ2v) is 16.6. The van der Waals surface area contributed by atoms with E-state index in [1.165, 1.54) is 0 Å². The third kappa shape index (κ3) is 1.83. The summed E-state index contributed by atoms with van der Waals surface area (Å²) >= 11 is 0. The monoisotopic (exact) mass is 256 g/mol. The minimum absolute atomic E-state index is 0.576. The molecule has 0 atom stereocenters. The molecule has 0 amide bonds. The SMILES string of the molecule is C[Si]1N[Si](C)N([Si])[Si](C)([Si])N1[Si]. The molecule has 0 aromatic carbocycles. The summed E-state index contributed by atoms with van der Waals surface area (Å²) in [6.45, 7) is 6.78. The summed E-state index contributed by atoms with van der Waals surface area (Å²) in [6, 6.07) is 0. The second-order valence-electron chi connectivity index (χ2n) is 2.99. The van der Waals surface area contributed by atoms with Gasteiger partial charge in [0.1, 0.15) is 20.8 Å². The normalized spacial score (nSPS) is 29.5. The molecule has 1 rings (SSSR count). The highest BCUT2D eigenvalue weighted by atomic mass is 29.2. The molecule has 1 aliphatic heterocycles. The highest BCUT2D eigenvalue weighted by Crippen LogP contribution is 2.13. The zero-order chi connectivity index (χ0) is 9.52. The van der Waals surface area contributed by atoms with E-state index >= 15 is 0 Å². The van der Waals surface area contributed by atoms with Crippen molar-refractivity contribution in [1.82, 2.24) is 12.4 Å². The molecule has 0 aromatic heterocycles. The molecule has 0 saturated carbocycles. The van der Waals surface area contributed by atoms with E-state index in [0.717, 1.165) is 0 Å². The average molecular weight is 257 g/mol. The van der Waals surface area contributed by atoms with Crippen LogP contribution >= 0.6 is 0 Å². The number of nitrogens with zero attached hydrogens (tertiary/aromatic N) is 2. The van der Waals surface area contributed by atoms with Crippen LogP contribution in [0, 0.1) is 0 Å². The largest absolute Gasteiger partial charge is 0.351 e. The van der Waals surface area contributed by atoms with E-state index in [1.807, 2.05) is 0 Å². The van der Waals surface area contributed by atoms with Gasteiger partial charge in [-0.05, 0) is 19.6 Å². The van der Waals surface area contributed by atoms with E-state index in [0.29, 0.717) is 0 Å². The summed E-state index contributed by atoms with van der Waals surface area (Å²) in [6.07, 6.45) is 0. The third-order valence-corrected chi connectivity index (χ3v) is 21.2. The van der Waals surface area contributed by atoms with E-state index in [2.05, 4.69) is 62.7 Å². The summed E-state index contributed by atoms with van der Waals surface area (Å²) in [4.78, 5) is 0. The molecule has 0 aliphatic carbocycles. The molecule has 1 heterocycles. The van der Waals surface area contributed by atoms with Crippen LogP contribution in [-0.2, 0) is 0 Å². The van der Waals surface area contributed by atoms with Gasteiger partial charge in [-0.15, -0.1) is 0 Å². The fourth-order valence-corrected chi connectivity index (χ4v) is 17.0. The lowest BCUT2D eigenvalue weighted by atomic mass is 11.9. The van der Waals surface area contributed by atoms with Gasteiger partial charge in [0.05, 0.1) is 9.76 Å². The van der Waals surface area contributed by atoms with Gasteiger partial charge < -0.3 is 12.4 Å². The van der Waals surface area contributed by atoms with Crippen molar-refractivity contribution in [2.45, 2.75) is 19.6 Å². The van der Waals surface area contributed by atoms with Gasteiger partial charge in [-0.25, -0.2) is 0 Å². The minimum atomic E-state index is -1.60. The number of hydrogen-bond donors (Lipinski definition) is 1. The Kier molecular flexibility index (Phi) is 3.51. The predicted octanol–water partition coefficient (Wildman–Crippen LogP) is -1.67. The van der Waals surface area contributed by atoms with Crippen molar-refractivity contribution in [2.24, 2.45) is 0 Å². The lowest BCUT2D eigenvalue weighted by Gasteiger charge is -2.51. The van der Waals surface area contributed by atoms with Crippen LogP contribution in [-0.4, -0.2) is 64.5 Å². The first kappa shape index (κ1) is 11.3. The fourth-order valence-electron chi connectivity index (χ4n) is 1.13. The molecule has 0 spiro atoms. The lowest BCUT2D eigenvalue weighted by Crippen LogP contribution is -2.80. The van der Waals surface area contributed by atoms with Crippen molar-refractivity contribution in [1.29, 1.82) is 0 Å². The molecule has 1 fully saturated rings. The van der Waals surface area contributed by atoms with Gasteiger partial charge in [-0.2, -0.15) is 0 Å². The first-order valence-electron chi connectivity index (χ1n) is 3.59. The molecule has 3 nitrogen and oxygen atoms in total. The Balaban J connectivity index is 2.82. The van der Waals surface area contributed by atoms with E-state index < -0.39 is 26.2 Å². The molecular weight excluding hydrogens is 247 g/mol. The average Bonchev–Trinajstić information content (AvgIpc) is 1.99. The molecule has 1 aliphatic rings. The predicted molar refractivity (Wildman–Crippen MR) is 58.9 cm³/mol. The summed E-state index contributed by atoms with van der Waals surface area (Å²) in [5.41, 5.74) is 0. The van der Waals surface area contributed by atoms with Crippen molar-refractivity contribution >= 4 is 56.7 Å². The lowest BCUT2D eigenvalue weighted by molar-refractivity contribution is 0.820. The number of nitrogens with one attached hydrogen (secondary N) is 1. The van der Waals surface area contributed by atoms with Crippen LogP contribution in [0.15, 0.2) is 0 Å². The Hall–Kier alpha value is 1.18. The van der Waals surface area contributed by atoms with E-state index in [-0.39, 0.29) is 0 Å². The van der Waals surface area contributed by atoms with Crippen LogP contribution in [0.25, 0.3) is 0 Å². The van der Waals surface area contributed by atoms with Crippen LogP contribution in [0.2, 0.25) is 19.6 Å². The van der Waals surface area contributed by atoms with Crippen LogP contribution in [0.1, 0.15) is 0 Å². The smallest absolute Gasteiger partial charge is 0.203 e.